The molecule has 0 saturated heterocycles. The van der Waals surface area contributed by atoms with Crippen LogP contribution >= 0.6 is 15.9 Å². The van der Waals surface area contributed by atoms with Crippen LogP contribution < -0.4 is 5.32 Å². The minimum absolute atomic E-state index is 0.245. The molecule has 0 fully saturated rings. The highest BCUT2D eigenvalue weighted by atomic mass is 79.9. The van der Waals surface area contributed by atoms with E-state index in [1.54, 1.807) is 6.07 Å². The molecule has 2 rings (SSSR count). The number of benzene rings is 1. The summed E-state index contributed by atoms with van der Waals surface area (Å²) in [7, 11) is 0. The summed E-state index contributed by atoms with van der Waals surface area (Å²) in [4.78, 5) is 15.3. The molecular weight excluding hydrogens is 289 g/mol. The number of carbonyl (C=O) groups excluding carboxylic acids is 1. The van der Waals surface area contributed by atoms with Gasteiger partial charge in [-0.3, -0.25) is 4.57 Å². The van der Waals surface area contributed by atoms with Crippen LogP contribution in [0.4, 0.5) is 9.18 Å². The highest BCUT2D eigenvalue weighted by molar-refractivity contribution is 9.10. The lowest BCUT2D eigenvalue weighted by molar-refractivity contribution is 0.242. The molecule has 1 aromatic heterocycles. The Morgan fingerprint density at radius 3 is 3.06 bits per heavy atom. The number of imidazole rings is 1. The highest BCUT2D eigenvalue weighted by Crippen LogP contribution is 2.17. The second-order valence-electron chi connectivity index (χ2n) is 3.36. The van der Waals surface area contributed by atoms with E-state index < -0.39 is 0 Å². The molecule has 6 heteroatoms. The standard InChI is InChI=1S/C11H9BrFN3O/c12-10-2-1-9(13)5-8(10)6-15-11(17)16-4-3-14-7-16/h1-5,7H,6H2,(H,15,17). The number of nitrogens with one attached hydrogen (secondary N) is 1. The monoisotopic (exact) mass is 297 g/mol. The van der Waals surface area contributed by atoms with Gasteiger partial charge >= 0.3 is 6.03 Å². The fourth-order valence-electron chi connectivity index (χ4n) is 1.32. The Balaban J connectivity index is 2.03. The Hall–Kier alpha value is -1.69. The maximum absolute atomic E-state index is 13.0. The molecule has 0 radical (unpaired) electrons. The van der Waals surface area contributed by atoms with Crippen molar-refractivity contribution >= 4 is 22.0 Å². The Morgan fingerprint density at radius 2 is 2.35 bits per heavy atom. The van der Waals surface area contributed by atoms with Gasteiger partial charge in [0.05, 0.1) is 0 Å². The summed E-state index contributed by atoms with van der Waals surface area (Å²) < 4.78 is 15.1. The quantitative estimate of drug-likeness (QED) is 0.926. The minimum Gasteiger partial charge on any atom is -0.333 e. The molecule has 0 spiro atoms. The average molecular weight is 298 g/mol. The van der Waals surface area contributed by atoms with Gasteiger partial charge in [0.1, 0.15) is 12.1 Å². The van der Waals surface area contributed by atoms with Gasteiger partial charge in [0.25, 0.3) is 0 Å². The lowest BCUT2D eigenvalue weighted by atomic mass is 10.2. The third-order valence-electron chi connectivity index (χ3n) is 2.18. The van der Waals surface area contributed by atoms with Crippen molar-refractivity contribution in [3.05, 3.63) is 52.8 Å². The number of hydrogen-bond donors (Lipinski definition) is 1. The van der Waals surface area contributed by atoms with Crippen LogP contribution in [-0.2, 0) is 6.54 Å². The lowest BCUT2D eigenvalue weighted by Crippen LogP contribution is -2.27. The zero-order valence-electron chi connectivity index (χ0n) is 8.73. The largest absolute Gasteiger partial charge is 0.333 e. The van der Waals surface area contributed by atoms with Gasteiger partial charge in [-0.15, -0.1) is 0 Å². The Bertz CT molecular complexity index is 528. The molecule has 2 aromatic rings. The SMILES string of the molecule is O=C(NCc1cc(F)ccc1Br)n1ccnc1. The third-order valence-corrected chi connectivity index (χ3v) is 2.95. The zero-order chi connectivity index (χ0) is 12.3. The number of aromatic nitrogens is 2. The van der Waals surface area contributed by atoms with Crippen LogP contribution in [0, 0.1) is 5.82 Å². The fraction of sp³-hybridized carbons (Fsp3) is 0.0909. The zero-order valence-corrected chi connectivity index (χ0v) is 10.3. The first-order valence-electron chi connectivity index (χ1n) is 4.87. The van der Waals surface area contributed by atoms with E-state index >= 15 is 0 Å². The summed E-state index contributed by atoms with van der Waals surface area (Å²) >= 11 is 3.29. The number of amides is 1. The molecule has 1 aromatic carbocycles. The van der Waals surface area contributed by atoms with Gasteiger partial charge in [0.15, 0.2) is 0 Å². The van der Waals surface area contributed by atoms with E-state index in [1.165, 1.54) is 35.4 Å². The van der Waals surface area contributed by atoms with E-state index in [0.29, 0.717) is 5.56 Å². The second kappa shape index (κ2) is 5.09. The van der Waals surface area contributed by atoms with Crippen LogP contribution in [0.3, 0.4) is 0 Å². The first kappa shape index (κ1) is 11.8. The van der Waals surface area contributed by atoms with Crippen molar-refractivity contribution in [3.8, 4) is 0 Å². The van der Waals surface area contributed by atoms with E-state index in [1.807, 2.05) is 0 Å². The van der Waals surface area contributed by atoms with Crippen molar-refractivity contribution in [3.63, 3.8) is 0 Å². The lowest BCUT2D eigenvalue weighted by Gasteiger charge is -2.07. The second-order valence-corrected chi connectivity index (χ2v) is 4.22. The Morgan fingerprint density at radius 1 is 1.53 bits per heavy atom. The number of hydrogen-bond acceptors (Lipinski definition) is 2. The smallest absolute Gasteiger partial charge is 0.327 e. The molecule has 0 atom stereocenters. The summed E-state index contributed by atoms with van der Waals surface area (Å²) in [6.07, 6.45) is 4.45. The molecule has 0 saturated carbocycles. The Kier molecular flexibility index (Phi) is 3.53. The van der Waals surface area contributed by atoms with Gasteiger partial charge in [0.2, 0.25) is 0 Å². The van der Waals surface area contributed by atoms with Crippen LogP contribution in [0.25, 0.3) is 0 Å². The molecular formula is C11H9BrFN3O. The third kappa shape index (κ3) is 2.91. The minimum atomic E-state index is -0.333. The molecule has 0 aliphatic carbocycles. The van der Waals surface area contributed by atoms with Crippen LogP contribution in [0.15, 0.2) is 41.4 Å². The molecule has 0 aliphatic heterocycles. The molecule has 4 nitrogen and oxygen atoms in total. The molecule has 1 N–H and O–H groups in total. The molecule has 1 amide bonds. The maximum Gasteiger partial charge on any atom is 0.327 e. The van der Waals surface area contributed by atoms with Gasteiger partial charge in [-0.1, -0.05) is 15.9 Å². The molecule has 0 aliphatic rings. The van der Waals surface area contributed by atoms with E-state index in [4.69, 9.17) is 0 Å². The summed E-state index contributed by atoms with van der Waals surface area (Å²) in [5.41, 5.74) is 0.679. The number of rotatable bonds is 2. The maximum atomic E-state index is 13.0. The van der Waals surface area contributed by atoms with E-state index in [-0.39, 0.29) is 18.4 Å². The fourth-order valence-corrected chi connectivity index (χ4v) is 1.71. The van der Waals surface area contributed by atoms with Crippen molar-refractivity contribution in [2.45, 2.75) is 6.54 Å². The molecule has 17 heavy (non-hydrogen) atoms. The van der Waals surface area contributed by atoms with Crippen LogP contribution in [0.1, 0.15) is 5.56 Å². The number of nitrogens with zero attached hydrogens (tertiary/aromatic N) is 2. The first-order chi connectivity index (χ1) is 8.16. The normalized spacial score (nSPS) is 10.2. The van der Waals surface area contributed by atoms with E-state index in [0.717, 1.165) is 4.47 Å². The summed E-state index contributed by atoms with van der Waals surface area (Å²) in [5.74, 6) is -0.333. The van der Waals surface area contributed by atoms with Gasteiger partial charge in [-0.25, -0.2) is 14.2 Å². The highest BCUT2D eigenvalue weighted by Gasteiger charge is 2.05. The molecule has 0 unspecified atom stereocenters. The first-order valence-corrected chi connectivity index (χ1v) is 5.66. The summed E-state index contributed by atoms with van der Waals surface area (Å²) in [6.45, 7) is 0.245. The predicted octanol–water partition coefficient (Wildman–Crippen LogP) is 2.54. The van der Waals surface area contributed by atoms with Crippen molar-refractivity contribution in [1.29, 1.82) is 0 Å². The molecule has 0 bridgehead atoms. The topological polar surface area (TPSA) is 46.9 Å². The van der Waals surface area contributed by atoms with Crippen molar-refractivity contribution in [2.24, 2.45) is 0 Å². The van der Waals surface area contributed by atoms with Gasteiger partial charge in [-0.05, 0) is 23.8 Å². The van der Waals surface area contributed by atoms with Crippen molar-refractivity contribution in [1.82, 2.24) is 14.9 Å². The van der Waals surface area contributed by atoms with Crippen LogP contribution in [0.5, 0.6) is 0 Å². The summed E-state index contributed by atoms with van der Waals surface area (Å²) in [5, 5.41) is 2.66. The number of carbonyl (C=O) groups is 1. The van der Waals surface area contributed by atoms with Crippen LogP contribution in [0.2, 0.25) is 0 Å². The van der Waals surface area contributed by atoms with E-state index in [2.05, 4.69) is 26.2 Å². The molecule has 1 heterocycles. The van der Waals surface area contributed by atoms with Gasteiger partial charge < -0.3 is 5.32 Å². The van der Waals surface area contributed by atoms with Gasteiger partial charge in [0, 0.05) is 23.4 Å². The van der Waals surface area contributed by atoms with Crippen LogP contribution in [-0.4, -0.2) is 15.6 Å². The summed E-state index contributed by atoms with van der Waals surface area (Å²) in [6, 6.07) is 4.02. The Labute approximate surface area is 106 Å². The van der Waals surface area contributed by atoms with E-state index in [9.17, 15) is 9.18 Å². The van der Waals surface area contributed by atoms with Gasteiger partial charge in [-0.2, -0.15) is 0 Å². The number of halogens is 2. The van der Waals surface area contributed by atoms with Crippen molar-refractivity contribution in [2.75, 3.05) is 0 Å². The molecule has 88 valence electrons. The van der Waals surface area contributed by atoms with Crippen molar-refractivity contribution < 1.29 is 9.18 Å². The predicted molar refractivity (Wildman–Crippen MR) is 64.0 cm³/mol. The average Bonchev–Trinajstić information content (AvgIpc) is 2.83.